The molecule has 0 fully saturated rings. The van der Waals surface area contributed by atoms with Crippen molar-refractivity contribution in [2.45, 2.75) is 26.4 Å². The SMILES string of the molecule is CCOCCn1c(=O)c2c([nH]c3[n+]2CCCN3c2ccc(Oc3ccccc3)cc2)n(C)c1=O. The molecule has 1 aliphatic rings. The number of hydrogen-bond donors (Lipinski definition) is 1. The third-order valence-corrected chi connectivity index (χ3v) is 6.09. The van der Waals surface area contributed by atoms with Crippen molar-refractivity contribution >= 4 is 22.8 Å². The molecule has 3 heterocycles. The number of benzene rings is 2. The van der Waals surface area contributed by atoms with Crippen molar-refractivity contribution in [1.29, 1.82) is 0 Å². The Balaban J connectivity index is 1.51. The Labute approximate surface area is 196 Å². The molecule has 4 aromatic rings. The van der Waals surface area contributed by atoms with Gasteiger partial charge in [0.25, 0.3) is 5.56 Å². The predicted molar refractivity (Wildman–Crippen MR) is 129 cm³/mol. The lowest BCUT2D eigenvalue weighted by Gasteiger charge is -2.22. The number of aromatic amines is 1. The van der Waals surface area contributed by atoms with Gasteiger partial charge >= 0.3 is 11.6 Å². The molecule has 9 nitrogen and oxygen atoms in total. The van der Waals surface area contributed by atoms with Gasteiger partial charge in [-0.25, -0.2) is 19.2 Å². The summed E-state index contributed by atoms with van der Waals surface area (Å²) in [4.78, 5) is 31.6. The van der Waals surface area contributed by atoms with Crippen molar-refractivity contribution in [2.24, 2.45) is 7.05 Å². The third kappa shape index (κ3) is 3.88. The summed E-state index contributed by atoms with van der Waals surface area (Å²) in [6.45, 7) is 4.45. The number of fused-ring (bicyclic) bond motifs is 3. The zero-order valence-corrected chi connectivity index (χ0v) is 19.4. The number of nitrogens with zero attached hydrogens (tertiary/aromatic N) is 4. The van der Waals surface area contributed by atoms with E-state index in [9.17, 15) is 9.59 Å². The molecule has 0 spiro atoms. The van der Waals surface area contributed by atoms with Crippen LogP contribution >= 0.6 is 0 Å². The second kappa shape index (κ2) is 9.18. The van der Waals surface area contributed by atoms with Gasteiger partial charge in [-0.2, -0.15) is 0 Å². The van der Waals surface area contributed by atoms with E-state index < -0.39 is 0 Å². The number of imidazole rings is 1. The standard InChI is InChI=1S/C25H27N5O4/c1-3-33-17-16-30-23(31)21-22(27(2)25(30)32)26-24-28(14-7-15-29(21)24)18-10-12-20(13-11-18)34-19-8-5-4-6-9-19/h4-6,8-13H,3,7,14-17H2,1-2H3/p+1. The fourth-order valence-corrected chi connectivity index (χ4v) is 4.41. The molecule has 0 unspecified atom stereocenters. The highest BCUT2D eigenvalue weighted by Gasteiger charge is 2.33. The van der Waals surface area contributed by atoms with E-state index in [0.717, 1.165) is 36.1 Å². The second-order valence-corrected chi connectivity index (χ2v) is 8.21. The van der Waals surface area contributed by atoms with Gasteiger partial charge < -0.3 is 9.47 Å². The van der Waals surface area contributed by atoms with E-state index in [1.165, 1.54) is 9.13 Å². The maximum absolute atomic E-state index is 13.3. The lowest BCUT2D eigenvalue weighted by molar-refractivity contribution is -0.663. The van der Waals surface area contributed by atoms with Gasteiger partial charge in [0.05, 0.1) is 26.2 Å². The first kappa shape index (κ1) is 22.0. The van der Waals surface area contributed by atoms with E-state index in [1.807, 2.05) is 66.1 Å². The fourth-order valence-electron chi connectivity index (χ4n) is 4.41. The number of aryl methyl sites for hydroxylation is 2. The summed E-state index contributed by atoms with van der Waals surface area (Å²) in [6, 6.07) is 17.5. The minimum Gasteiger partial charge on any atom is -0.457 e. The van der Waals surface area contributed by atoms with Crippen molar-refractivity contribution < 1.29 is 14.0 Å². The van der Waals surface area contributed by atoms with E-state index in [0.29, 0.717) is 30.9 Å². The number of hydrogen-bond acceptors (Lipinski definition) is 5. The Morgan fingerprint density at radius 2 is 1.76 bits per heavy atom. The molecule has 2 aromatic heterocycles. The number of rotatable bonds is 7. The van der Waals surface area contributed by atoms with Crippen molar-refractivity contribution in [3.63, 3.8) is 0 Å². The predicted octanol–water partition coefficient (Wildman–Crippen LogP) is 2.69. The molecule has 176 valence electrons. The Morgan fingerprint density at radius 3 is 2.50 bits per heavy atom. The highest BCUT2D eigenvalue weighted by atomic mass is 16.5. The van der Waals surface area contributed by atoms with Crippen LogP contribution in [0.5, 0.6) is 11.5 Å². The third-order valence-electron chi connectivity index (χ3n) is 6.09. The molecule has 9 heteroatoms. The van der Waals surface area contributed by atoms with Gasteiger partial charge in [-0.15, -0.1) is 0 Å². The summed E-state index contributed by atoms with van der Waals surface area (Å²) in [6.07, 6.45) is 0.869. The van der Waals surface area contributed by atoms with Crippen LogP contribution in [0.15, 0.2) is 64.2 Å². The summed E-state index contributed by atoms with van der Waals surface area (Å²) in [5.74, 6) is 2.31. The van der Waals surface area contributed by atoms with Crippen LogP contribution in [0, 0.1) is 0 Å². The number of para-hydroxylation sites is 1. The van der Waals surface area contributed by atoms with Crippen LogP contribution in [-0.4, -0.2) is 33.9 Å². The number of ether oxygens (including phenoxy) is 2. The van der Waals surface area contributed by atoms with E-state index in [2.05, 4.69) is 9.88 Å². The highest BCUT2D eigenvalue weighted by Crippen LogP contribution is 2.29. The Kier molecular flexibility index (Phi) is 5.93. The molecular weight excluding hydrogens is 434 g/mol. The average Bonchev–Trinajstić information content (AvgIpc) is 3.26. The van der Waals surface area contributed by atoms with Crippen molar-refractivity contribution in [3.8, 4) is 11.5 Å². The summed E-state index contributed by atoms with van der Waals surface area (Å²) in [7, 11) is 1.68. The molecule has 0 amide bonds. The summed E-state index contributed by atoms with van der Waals surface area (Å²) in [5.41, 5.74) is 1.34. The molecule has 34 heavy (non-hydrogen) atoms. The van der Waals surface area contributed by atoms with Gasteiger partial charge in [0, 0.05) is 20.1 Å². The smallest absolute Gasteiger partial charge is 0.364 e. The van der Waals surface area contributed by atoms with Gasteiger partial charge in [0.1, 0.15) is 17.2 Å². The van der Waals surface area contributed by atoms with Gasteiger partial charge in [0.15, 0.2) is 0 Å². The molecule has 0 bridgehead atoms. The second-order valence-electron chi connectivity index (χ2n) is 8.21. The zero-order chi connectivity index (χ0) is 23.7. The first-order valence-corrected chi connectivity index (χ1v) is 11.5. The quantitative estimate of drug-likeness (QED) is 0.337. The number of H-pyrrole nitrogens is 1. The molecule has 1 N–H and O–H groups in total. The molecule has 0 aliphatic carbocycles. The molecule has 0 saturated carbocycles. The average molecular weight is 463 g/mol. The maximum Gasteiger partial charge on any atom is 0.364 e. The van der Waals surface area contributed by atoms with Crippen LogP contribution in [0.4, 0.5) is 11.6 Å². The largest absolute Gasteiger partial charge is 0.457 e. The number of aromatic nitrogens is 4. The number of nitrogens with one attached hydrogen (secondary N) is 1. The Bertz CT molecular complexity index is 1420. The maximum atomic E-state index is 13.3. The van der Waals surface area contributed by atoms with E-state index in [-0.39, 0.29) is 17.8 Å². The lowest BCUT2D eigenvalue weighted by Crippen LogP contribution is -2.49. The van der Waals surface area contributed by atoms with E-state index >= 15 is 0 Å². The summed E-state index contributed by atoms with van der Waals surface area (Å²) < 4.78 is 16.0. The highest BCUT2D eigenvalue weighted by molar-refractivity contribution is 5.70. The monoisotopic (exact) mass is 462 g/mol. The summed E-state index contributed by atoms with van der Waals surface area (Å²) in [5, 5.41) is 0. The summed E-state index contributed by atoms with van der Waals surface area (Å²) >= 11 is 0. The topological polar surface area (TPSA) is 85.4 Å². The van der Waals surface area contributed by atoms with Crippen LogP contribution in [0.3, 0.4) is 0 Å². The molecular formula is C25H28N5O4+. The first-order chi connectivity index (χ1) is 16.6. The molecule has 1 aliphatic heterocycles. The van der Waals surface area contributed by atoms with E-state index in [4.69, 9.17) is 9.47 Å². The van der Waals surface area contributed by atoms with Crippen LogP contribution in [0.1, 0.15) is 13.3 Å². The van der Waals surface area contributed by atoms with Crippen LogP contribution in [0.2, 0.25) is 0 Å². The minimum atomic E-state index is -0.356. The van der Waals surface area contributed by atoms with Gasteiger partial charge in [-0.05, 0) is 43.3 Å². The fraction of sp³-hybridized carbons (Fsp3) is 0.320. The minimum absolute atomic E-state index is 0.225. The van der Waals surface area contributed by atoms with Crippen LogP contribution in [0.25, 0.3) is 11.2 Å². The van der Waals surface area contributed by atoms with Gasteiger partial charge in [0.2, 0.25) is 11.2 Å². The molecule has 2 aromatic carbocycles. The van der Waals surface area contributed by atoms with Crippen LogP contribution < -0.4 is 25.5 Å². The van der Waals surface area contributed by atoms with Gasteiger partial charge in [-0.1, -0.05) is 18.2 Å². The normalized spacial score (nSPS) is 13.3. The van der Waals surface area contributed by atoms with Gasteiger partial charge in [-0.3, -0.25) is 13.9 Å². The van der Waals surface area contributed by atoms with Crippen molar-refractivity contribution in [1.82, 2.24) is 14.1 Å². The zero-order valence-electron chi connectivity index (χ0n) is 19.4. The molecule has 5 rings (SSSR count). The Morgan fingerprint density at radius 1 is 1.03 bits per heavy atom. The molecule has 0 saturated heterocycles. The first-order valence-electron chi connectivity index (χ1n) is 11.5. The lowest BCUT2D eigenvalue weighted by atomic mass is 10.2. The molecule has 0 atom stereocenters. The molecule has 0 radical (unpaired) electrons. The van der Waals surface area contributed by atoms with Crippen molar-refractivity contribution in [3.05, 3.63) is 75.4 Å². The van der Waals surface area contributed by atoms with E-state index in [1.54, 1.807) is 7.05 Å². The Hall–Kier alpha value is -3.85. The van der Waals surface area contributed by atoms with Crippen LogP contribution in [-0.2, 0) is 24.9 Å². The number of anilines is 2. The van der Waals surface area contributed by atoms with Crippen molar-refractivity contribution in [2.75, 3.05) is 24.7 Å².